The molecule has 2 aromatic heterocycles. The Morgan fingerprint density at radius 1 is 1.24 bits per heavy atom. The van der Waals surface area contributed by atoms with Crippen molar-refractivity contribution in [3.8, 4) is 0 Å². The molecule has 0 fully saturated rings. The molecule has 0 aromatic carbocycles. The molecule has 0 aliphatic heterocycles. The number of rotatable bonds is 3. The van der Waals surface area contributed by atoms with Crippen molar-refractivity contribution in [3.05, 3.63) is 58.6 Å². The van der Waals surface area contributed by atoms with Crippen LogP contribution < -0.4 is 5.32 Å². The monoisotopic (exact) mass is 291 g/mol. The molecule has 2 heterocycles. The van der Waals surface area contributed by atoms with E-state index >= 15 is 0 Å². The predicted molar refractivity (Wildman–Crippen MR) is 67.3 cm³/mol. The lowest BCUT2D eigenvalue weighted by Gasteiger charge is -2.03. The molecule has 0 spiro atoms. The maximum Gasteiger partial charge on any atom is 0.270 e. The van der Waals surface area contributed by atoms with Crippen molar-refractivity contribution < 1.29 is 4.79 Å². The lowest BCUT2D eigenvalue weighted by Crippen LogP contribution is -2.24. The molecular weight excluding hydrogens is 282 g/mol. The average molecular weight is 292 g/mol. The first-order valence-corrected chi connectivity index (χ1v) is 5.84. The molecule has 0 unspecified atom stereocenters. The van der Waals surface area contributed by atoms with Gasteiger partial charge in [0.2, 0.25) is 0 Å². The quantitative estimate of drug-likeness (QED) is 0.943. The molecular formula is C12H10BrN3O. The second-order valence-electron chi connectivity index (χ2n) is 3.37. The Bertz CT molecular complexity index is 499. The maximum atomic E-state index is 11.7. The molecule has 2 aromatic rings. The van der Waals surface area contributed by atoms with E-state index in [-0.39, 0.29) is 5.91 Å². The normalized spacial score (nSPS) is 9.94. The Morgan fingerprint density at radius 2 is 2.12 bits per heavy atom. The first-order valence-electron chi connectivity index (χ1n) is 5.05. The van der Waals surface area contributed by atoms with Crippen LogP contribution in [0.4, 0.5) is 0 Å². The fraction of sp³-hybridized carbons (Fsp3) is 0.0833. The molecule has 0 bridgehead atoms. The molecule has 0 aliphatic carbocycles. The summed E-state index contributed by atoms with van der Waals surface area (Å²) >= 11 is 3.27. The fourth-order valence-electron chi connectivity index (χ4n) is 1.27. The number of carbonyl (C=O) groups excluding carboxylic acids is 1. The molecule has 86 valence electrons. The largest absolute Gasteiger partial charge is 0.345 e. The van der Waals surface area contributed by atoms with Gasteiger partial charge < -0.3 is 5.32 Å². The molecule has 0 saturated carbocycles. The summed E-state index contributed by atoms with van der Waals surface area (Å²) in [5.41, 5.74) is 1.21. The Kier molecular flexibility index (Phi) is 3.82. The number of aromatic nitrogens is 2. The molecule has 17 heavy (non-hydrogen) atoms. The van der Waals surface area contributed by atoms with E-state index in [4.69, 9.17) is 0 Å². The van der Waals surface area contributed by atoms with Gasteiger partial charge in [-0.25, -0.2) is 4.98 Å². The summed E-state index contributed by atoms with van der Waals surface area (Å²) in [5, 5.41) is 2.76. The van der Waals surface area contributed by atoms with Crippen molar-refractivity contribution in [2.24, 2.45) is 0 Å². The van der Waals surface area contributed by atoms with E-state index in [0.29, 0.717) is 12.2 Å². The zero-order valence-corrected chi connectivity index (χ0v) is 10.5. The molecule has 1 amide bonds. The average Bonchev–Trinajstić information content (AvgIpc) is 2.38. The van der Waals surface area contributed by atoms with Gasteiger partial charge >= 0.3 is 0 Å². The highest BCUT2D eigenvalue weighted by Crippen LogP contribution is 2.07. The van der Waals surface area contributed by atoms with Gasteiger partial charge in [-0.05, 0) is 40.2 Å². The van der Waals surface area contributed by atoms with Crippen molar-refractivity contribution in [1.82, 2.24) is 15.3 Å². The lowest BCUT2D eigenvalue weighted by atomic mass is 10.3. The third-order valence-corrected chi connectivity index (χ3v) is 2.59. The number of nitrogens with zero attached hydrogens (tertiary/aromatic N) is 2. The zero-order chi connectivity index (χ0) is 12.1. The Labute approximate surface area is 107 Å². The van der Waals surface area contributed by atoms with Crippen molar-refractivity contribution in [3.63, 3.8) is 0 Å². The number of carbonyl (C=O) groups is 1. The smallest absolute Gasteiger partial charge is 0.270 e. The van der Waals surface area contributed by atoms with Gasteiger partial charge in [0.25, 0.3) is 5.91 Å². The Morgan fingerprint density at radius 3 is 2.76 bits per heavy atom. The second kappa shape index (κ2) is 5.54. The highest BCUT2D eigenvalue weighted by atomic mass is 79.9. The van der Waals surface area contributed by atoms with Crippen LogP contribution in [0, 0.1) is 0 Å². The van der Waals surface area contributed by atoms with Crippen molar-refractivity contribution in [1.29, 1.82) is 0 Å². The van der Waals surface area contributed by atoms with Gasteiger partial charge in [-0.15, -0.1) is 0 Å². The van der Waals surface area contributed by atoms with E-state index in [0.717, 1.165) is 10.2 Å². The molecule has 1 N–H and O–H groups in total. The zero-order valence-electron chi connectivity index (χ0n) is 8.93. The topological polar surface area (TPSA) is 54.9 Å². The number of amides is 1. The van der Waals surface area contributed by atoms with E-state index in [9.17, 15) is 4.79 Å². The van der Waals surface area contributed by atoms with Gasteiger partial charge in [-0.3, -0.25) is 9.78 Å². The van der Waals surface area contributed by atoms with Crippen LogP contribution in [0.1, 0.15) is 16.2 Å². The second-order valence-corrected chi connectivity index (χ2v) is 4.28. The predicted octanol–water partition coefficient (Wildman–Crippen LogP) is 2.17. The summed E-state index contributed by atoms with van der Waals surface area (Å²) in [7, 11) is 0. The van der Waals surface area contributed by atoms with Crippen LogP contribution in [-0.2, 0) is 6.54 Å². The molecule has 2 rings (SSSR count). The molecule has 0 saturated heterocycles. The summed E-state index contributed by atoms with van der Waals surface area (Å²) in [5.74, 6) is -0.205. The maximum absolute atomic E-state index is 11.7. The Hall–Kier alpha value is -1.75. The van der Waals surface area contributed by atoms with E-state index < -0.39 is 0 Å². The molecule has 0 radical (unpaired) electrons. The first kappa shape index (κ1) is 11.7. The number of nitrogens with one attached hydrogen (secondary N) is 1. The van der Waals surface area contributed by atoms with Crippen molar-refractivity contribution in [2.45, 2.75) is 6.54 Å². The van der Waals surface area contributed by atoms with E-state index in [1.165, 1.54) is 0 Å². The highest BCUT2D eigenvalue weighted by molar-refractivity contribution is 9.10. The first-order chi connectivity index (χ1) is 8.25. The van der Waals surface area contributed by atoms with Crippen LogP contribution in [0.15, 0.2) is 47.2 Å². The van der Waals surface area contributed by atoms with Crippen LogP contribution in [-0.4, -0.2) is 15.9 Å². The van der Waals surface area contributed by atoms with Gasteiger partial charge in [0, 0.05) is 16.9 Å². The SMILES string of the molecule is O=C(NCc1ccccn1)c1ccc(Br)cn1. The van der Waals surface area contributed by atoms with Crippen molar-refractivity contribution >= 4 is 21.8 Å². The van der Waals surface area contributed by atoms with Crippen LogP contribution >= 0.6 is 15.9 Å². The molecule has 4 nitrogen and oxygen atoms in total. The molecule has 0 atom stereocenters. The van der Waals surface area contributed by atoms with Crippen LogP contribution in [0.25, 0.3) is 0 Å². The Balaban J connectivity index is 1.96. The summed E-state index contributed by atoms with van der Waals surface area (Å²) in [6.07, 6.45) is 3.29. The summed E-state index contributed by atoms with van der Waals surface area (Å²) in [4.78, 5) is 19.8. The summed E-state index contributed by atoms with van der Waals surface area (Å²) in [6, 6.07) is 9.02. The molecule has 5 heteroatoms. The van der Waals surface area contributed by atoms with E-state index in [1.807, 2.05) is 18.2 Å². The standard InChI is InChI=1S/C12H10BrN3O/c13-9-4-5-11(15-7-9)12(17)16-8-10-3-1-2-6-14-10/h1-7H,8H2,(H,16,17). The summed E-state index contributed by atoms with van der Waals surface area (Å²) < 4.78 is 0.846. The van der Waals surface area contributed by atoms with Gasteiger partial charge in [-0.1, -0.05) is 6.07 Å². The van der Waals surface area contributed by atoms with Gasteiger partial charge in [0.15, 0.2) is 0 Å². The minimum atomic E-state index is -0.205. The third kappa shape index (κ3) is 3.35. The van der Waals surface area contributed by atoms with Gasteiger partial charge in [0.05, 0.1) is 12.2 Å². The number of pyridine rings is 2. The van der Waals surface area contributed by atoms with Crippen LogP contribution in [0.3, 0.4) is 0 Å². The summed E-state index contributed by atoms with van der Waals surface area (Å²) in [6.45, 7) is 0.400. The van der Waals surface area contributed by atoms with Crippen LogP contribution in [0.2, 0.25) is 0 Å². The van der Waals surface area contributed by atoms with Gasteiger partial charge in [-0.2, -0.15) is 0 Å². The third-order valence-electron chi connectivity index (χ3n) is 2.12. The lowest BCUT2D eigenvalue weighted by molar-refractivity contribution is 0.0945. The molecule has 0 aliphatic rings. The van der Waals surface area contributed by atoms with Gasteiger partial charge in [0.1, 0.15) is 5.69 Å². The van der Waals surface area contributed by atoms with Crippen LogP contribution in [0.5, 0.6) is 0 Å². The van der Waals surface area contributed by atoms with Crippen molar-refractivity contribution in [2.75, 3.05) is 0 Å². The highest BCUT2D eigenvalue weighted by Gasteiger charge is 2.06. The van der Waals surface area contributed by atoms with E-state index in [1.54, 1.807) is 24.5 Å². The fourth-order valence-corrected chi connectivity index (χ4v) is 1.51. The van der Waals surface area contributed by atoms with E-state index in [2.05, 4.69) is 31.2 Å². The minimum Gasteiger partial charge on any atom is -0.345 e. The number of halogens is 1. The number of hydrogen-bond acceptors (Lipinski definition) is 3. The number of hydrogen-bond donors (Lipinski definition) is 1. The minimum absolute atomic E-state index is 0.205.